The van der Waals surface area contributed by atoms with Crippen molar-refractivity contribution in [2.45, 2.75) is 6.92 Å². The van der Waals surface area contributed by atoms with Crippen molar-refractivity contribution in [3.63, 3.8) is 0 Å². The highest BCUT2D eigenvalue weighted by atomic mass is 32.1. The first kappa shape index (κ1) is 11.9. The van der Waals surface area contributed by atoms with E-state index in [2.05, 4.69) is 5.10 Å². The molecule has 5 heteroatoms. The first-order valence-corrected chi connectivity index (χ1v) is 6.87. The number of hydrogen-bond donors (Lipinski definition) is 0. The second-order valence-electron chi connectivity index (χ2n) is 3.95. The summed E-state index contributed by atoms with van der Waals surface area (Å²) in [4.78, 5) is 13.1. The zero-order valence-electron chi connectivity index (χ0n) is 10.4. The first-order chi connectivity index (χ1) is 9.31. The Morgan fingerprint density at radius 3 is 3.00 bits per heavy atom. The molecule has 0 bridgehead atoms. The van der Waals surface area contributed by atoms with Crippen LogP contribution in [0.15, 0.2) is 41.9 Å². The molecule has 3 heterocycles. The quantitative estimate of drug-likeness (QED) is 0.687. The largest absolute Gasteiger partial charge is 0.462 e. The number of carbonyl (C=O) groups excluding carboxylic acids is 1. The number of thiophene rings is 1. The van der Waals surface area contributed by atoms with Crippen LogP contribution in [-0.4, -0.2) is 22.2 Å². The van der Waals surface area contributed by atoms with E-state index in [-0.39, 0.29) is 5.97 Å². The number of hydrogen-bond acceptors (Lipinski definition) is 4. The van der Waals surface area contributed by atoms with Crippen LogP contribution in [0.5, 0.6) is 0 Å². The summed E-state index contributed by atoms with van der Waals surface area (Å²) >= 11 is 1.56. The molecule has 0 aromatic carbocycles. The van der Waals surface area contributed by atoms with Gasteiger partial charge in [0.2, 0.25) is 0 Å². The van der Waals surface area contributed by atoms with Crippen molar-refractivity contribution in [1.29, 1.82) is 0 Å². The third-order valence-corrected chi connectivity index (χ3v) is 3.65. The first-order valence-electron chi connectivity index (χ1n) is 5.99. The van der Waals surface area contributed by atoms with Gasteiger partial charge in [0.05, 0.1) is 17.0 Å². The number of fused-ring (bicyclic) bond motifs is 1. The van der Waals surface area contributed by atoms with Crippen molar-refractivity contribution in [1.82, 2.24) is 9.61 Å². The van der Waals surface area contributed by atoms with E-state index in [1.807, 2.05) is 41.9 Å². The van der Waals surface area contributed by atoms with Crippen LogP contribution in [0, 0.1) is 0 Å². The van der Waals surface area contributed by atoms with Gasteiger partial charge in [-0.05, 0) is 30.5 Å². The lowest BCUT2D eigenvalue weighted by Gasteiger charge is -2.01. The summed E-state index contributed by atoms with van der Waals surface area (Å²) in [5.41, 5.74) is 1.98. The molecule has 0 fully saturated rings. The van der Waals surface area contributed by atoms with E-state index in [0.29, 0.717) is 17.9 Å². The van der Waals surface area contributed by atoms with Gasteiger partial charge in [-0.3, -0.25) is 0 Å². The molecule has 3 aromatic rings. The smallest absolute Gasteiger partial charge is 0.342 e. The molecule has 0 N–H and O–H groups in total. The van der Waals surface area contributed by atoms with E-state index in [9.17, 15) is 4.79 Å². The molecular formula is C14H12N2O2S. The second-order valence-corrected chi connectivity index (χ2v) is 4.90. The van der Waals surface area contributed by atoms with Gasteiger partial charge in [0, 0.05) is 6.20 Å². The van der Waals surface area contributed by atoms with Crippen LogP contribution in [0.4, 0.5) is 0 Å². The lowest BCUT2D eigenvalue weighted by atomic mass is 10.1. The predicted octanol–water partition coefficient (Wildman–Crippen LogP) is 3.24. The molecule has 96 valence electrons. The number of esters is 1. The van der Waals surface area contributed by atoms with Crippen LogP contribution in [-0.2, 0) is 4.74 Å². The SMILES string of the molecule is CCOC(=O)c1c(-c2cccs2)nn2ccccc12. The maximum absolute atomic E-state index is 12.2. The molecule has 3 aromatic heterocycles. The predicted molar refractivity (Wildman–Crippen MR) is 74.5 cm³/mol. The minimum absolute atomic E-state index is 0.327. The summed E-state index contributed by atoms with van der Waals surface area (Å²) in [6.07, 6.45) is 1.83. The van der Waals surface area contributed by atoms with Crippen LogP contribution in [0.1, 0.15) is 17.3 Å². The molecule has 0 unspecified atom stereocenters. The fraction of sp³-hybridized carbons (Fsp3) is 0.143. The van der Waals surface area contributed by atoms with Gasteiger partial charge in [-0.15, -0.1) is 11.3 Å². The number of nitrogens with zero attached hydrogens (tertiary/aromatic N) is 2. The molecule has 0 spiro atoms. The molecule has 0 atom stereocenters. The normalized spacial score (nSPS) is 10.8. The second kappa shape index (κ2) is 4.85. The number of pyridine rings is 1. The molecule has 19 heavy (non-hydrogen) atoms. The topological polar surface area (TPSA) is 43.6 Å². The Kier molecular flexibility index (Phi) is 3.05. The molecule has 0 radical (unpaired) electrons. The van der Waals surface area contributed by atoms with Gasteiger partial charge in [-0.2, -0.15) is 5.10 Å². The molecule has 0 aliphatic rings. The number of carbonyl (C=O) groups is 1. The highest BCUT2D eigenvalue weighted by molar-refractivity contribution is 7.13. The summed E-state index contributed by atoms with van der Waals surface area (Å²) in [5, 5.41) is 6.45. The van der Waals surface area contributed by atoms with Crippen molar-refractivity contribution in [3.05, 3.63) is 47.5 Å². The number of rotatable bonds is 3. The highest BCUT2D eigenvalue weighted by Crippen LogP contribution is 2.30. The lowest BCUT2D eigenvalue weighted by Crippen LogP contribution is -2.05. The van der Waals surface area contributed by atoms with Crippen LogP contribution in [0.2, 0.25) is 0 Å². The molecule has 0 saturated carbocycles. The van der Waals surface area contributed by atoms with E-state index in [1.54, 1.807) is 22.8 Å². The zero-order valence-corrected chi connectivity index (χ0v) is 11.2. The van der Waals surface area contributed by atoms with E-state index in [4.69, 9.17) is 4.74 Å². The Bertz CT molecular complexity index is 716. The third kappa shape index (κ3) is 2.02. The molecule has 0 saturated heterocycles. The van der Waals surface area contributed by atoms with Gasteiger partial charge in [0.15, 0.2) is 0 Å². The van der Waals surface area contributed by atoms with Gasteiger partial charge in [0.1, 0.15) is 11.3 Å². The van der Waals surface area contributed by atoms with E-state index in [0.717, 1.165) is 10.4 Å². The minimum atomic E-state index is -0.327. The maximum atomic E-state index is 12.2. The van der Waals surface area contributed by atoms with Gasteiger partial charge >= 0.3 is 5.97 Å². The zero-order chi connectivity index (χ0) is 13.2. The van der Waals surface area contributed by atoms with Crippen molar-refractivity contribution >= 4 is 22.8 Å². The summed E-state index contributed by atoms with van der Waals surface area (Å²) in [6.45, 7) is 2.15. The van der Waals surface area contributed by atoms with Gasteiger partial charge in [0.25, 0.3) is 0 Å². The molecule has 0 aliphatic carbocycles. The molecule has 3 rings (SSSR count). The summed E-state index contributed by atoms with van der Waals surface area (Å²) in [7, 11) is 0. The van der Waals surface area contributed by atoms with Crippen molar-refractivity contribution in [2.75, 3.05) is 6.61 Å². The fourth-order valence-corrected chi connectivity index (χ4v) is 2.70. The Morgan fingerprint density at radius 1 is 1.37 bits per heavy atom. The average molecular weight is 272 g/mol. The average Bonchev–Trinajstić information content (AvgIpc) is 3.06. The van der Waals surface area contributed by atoms with Crippen molar-refractivity contribution in [2.24, 2.45) is 0 Å². The van der Waals surface area contributed by atoms with Crippen molar-refractivity contribution < 1.29 is 9.53 Å². The molecule has 0 aliphatic heterocycles. The van der Waals surface area contributed by atoms with E-state index >= 15 is 0 Å². The maximum Gasteiger partial charge on any atom is 0.342 e. The third-order valence-electron chi connectivity index (χ3n) is 2.77. The van der Waals surface area contributed by atoms with Crippen LogP contribution >= 0.6 is 11.3 Å². The van der Waals surface area contributed by atoms with Crippen LogP contribution in [0.3, 0.4) is 0 Å². The summed E-state index contributed by atoms with van der Waals surface area (Å²) in [6, 6.07) is 9.54. The van der Waals surface area contributed by atoms with Crippen LogP contribution in [0.25, 0.3) is 16.1 Å². The Labute approximate surface area is 114 Å². The monoisotopic (exact) mass is 272 g/mol. The Balaban J connectivity index is 2.25. The van der Waals surface area contributed by atoms with Crippen LogP contribution < -0.4 is 0 Å². The molecule has 0 amide bonds. The Hall–Kier alpha value is -2.14. The standard InChI is InChI=1S/C14H12N2O2S/c1-2-18-14(17)12-10-6-3-4-8-16(10)15-13(12)11-7-5-9-19-11/h3-9H,2H2,1H3. The van der Waals surface area contributed by atoms with E-state index < -0.39 is 0 Å². The number of aromatic nitrogens is 2. The molecular weight excluding hydrogens is 260 g/mol. The lowest BCUT2D eigenvalue weighted by molar-refractivity contribution is 0.0529. The van der Waals surface area contributed by atoms with Gasteiger partial charge < -0.3 is 4.74 Å². The number of ether oxygens (including phenoxy) is 1. The minimum Gasteiger partial charge on any atom is -0.462 e. The van der Waals surface area contributed by atoms with E-state index in [1.165, 1.54) is 0 Å². The highest BCUT2D eigenvalue weighted by Gasteiger charge is 2.22. The summed E-state index contributed by atoms with van der Waals surface area (Å²) in [5.74, 6) is -0.327. The Morgan fingerprint density at radius 2 is 2.26 bits per heavy atom. The van der Waals surface area contributed by atoms with Gasteiger partial charge in [-0.1, -0.05) is 12.1 Å². The van der Waals surface area contributed by atoms with Crippen molar-refractivity contribution in [3.8, 4) is 10.6 Å². The molecule has 4 nitrogen and oxygen atoms in total. The fourth-order valence-electron chi connectivity index (χ4n) is 1.99. The summed E-state index contributed by atoms with van der Waals surface area (Å²) < 4.78 is 6.86. The van der Waals surface area contributed by atoms with Gasteiger partial charge in [-0.25, -0.2) is 9.31 Å².